The number of nitrogens with one attached hydrogen (secondary N) is 1. The van der Waals surface area contributed by atoms with Gasteiger partial charge >= 0.3 is 0 Å². The lowest BCUT2D eigenvalue weighted by molar-refractivity contribution is 0.181. The van der Waals surface area contributed by atoms with Crippen molar-refractivity contribution in [2.45, 2.75) is 19.4 Å². The zero-order valence-corrected chi connectivity index (χ0v) is 11.7. The van der Waals surface area contributed by atoms with Crippen LogP contribution in [-0.2, 0) is 0 Å². The molecule has 1 aromatic carbocycles. The summed E-state index contributed by atoms with van der Waals surface area (Å²) >= 11 is 0. The summed E-state index contributed by atoms with van der Waals surface area (Å²) in [6, 6.07) is 7.91. The minimum atomic E-state index is -0.288. The van der Waals surface area contributed by atoms with Crippen LogP contribution in [0.3, 0.4) is 0 Å². The predicted molar refractivity (Wildman–Crippen MR) is 75.4 cm³/mol. The van der Waals surface area contributed by atoms with Crippen molar-refractivity contribution in [2.24, 2.45) is 0 Å². The predicted octanol–water partition coefficient (Wildman–Crippen LogP) is 1.49. The number of likely N-dealkylation sites (N-methyl/N-ethyl adjacent to an activating group) is 2. The summed E-state index contributed by atoms with van der Waals surface area (Å²) in [5, 5.41) is 12.8. The van der Waals surface area contributed by atoms with E-state index in [1.165, 1.54) is 0 Å². The Labute approximate surface area is 110 Å². The standard InChI is InChI=1S/C14H24N2O2/c1-5-15-14(2,11-17)10-16(3)12-6-8-13(18-4)9-7-12/h6-9,15,17H,5,10-11H2,1-4H3. The summed E-state index contributed by atoms with van der Waals surface area (Å²) in [4.78, 5) is 2.12. The highest BCUT2D eigenvalue weighted by Crippen LogP contribution is 2.19. The Kier molecular flexibility index (Phi) is 5.44. The van der Waals surface area contributed by atoms with E-state index in [1.54, 1.807) is 7.11 Å². The zero-order valence-electron chi connectivity index (χ0n) is 11.7. The topological polar surface area (TPSA) is 44.7 Å². The normalized spacial score (nSPS) is 14.1. The molecule has 0 spiro atoms. The molecule has 0 saturated carbocycles. The van der Waals surface area contributed by atoms with E-state index in [-0.39, 0.29) is 12.1 Å². The minimum absolute atomic E-state index is 0.112. The Balaban J connectivity index is 2.70. The van der Waals surface area contributed by atoms with Gasteiger partial charge in [0, 0.05) is 19.3 Å². The first-order valence-electron chi connectivity index (χ1n) is 6.25. The van der Waals surface area contributed by atoms with Crippen LogP contribution in [0.2, 0.25) is 0 Å². The Morgan fingerprint density at radius 3 is 2.39 bits per heavy atom. The smallest absolute Gasteiger partial charge is 0.119 e. The molecular formula is C14H24N2O2. The Morgan fingerprint density at radius 1 is 1.33 bits per heavy atom. The number of aliphatic hydroxyl groups is 1. The molecule has 0 amide bonds. The van der Waals surface area contributed by atoms with Crippen LogP contribution in [0.1, 0.15) is 13.8 Å². The van der Waals surface area contributed by atoms with Gasteiger partial charge in [0.25, 0.3) is 0 Å². The number of nitrogens with zero attached hydrogens (tertiary/aromatic N) is 1. The van der Waals surface area contributed by atoms with Gasteiger partial charge < -0.3 is 20.1 Å². The molecule has 0 saturated heterocycles. The second-order valence-electron chi connectivity index (χ2n) is 4.80. The number of hydrogen-bond donors (Lipinski definition) is 2. The van der Waals surface area contributed by atoms with Crippen molar-refractivity contribution in [3.8, 4) is 5.75 Å². The number of benzene rings is 1. The average molecular weight is 252 g/mol. The van der Waals surface area contributed by atoms with Crippen LogP contribution in [0.5, 0.6) is 5.75 Å². The molecule has 0 fully saturated rings. The second kappa shape index (κ2) is 6.61. The van der Waals surface area contributed by atoms with E-state index >= 15 is 0 Å². The fraction of sp³-hybridized carbons (Fsp3) is 0.571. The summed E-state index contributed by atoms with van der Waals surface area (Å²) < 4.78 is 5.14. The van der Waals surface area contributed by atoms with E-state index in [0.29, 0.717) is 0 Å². The highest BCUT2D eigenvalue weighted by molar-refractivity contribution is 5.48. The van der Waals surface area contributed by atoms with Gasteiger partial charge in [0.2, 0.25) is 0 Å². The number of aliphatic hydroxyl groups excluding tert-OH is 1. The lowest BCUT2D eigenvalue weighted by Gasteiger charge is -2.34. The van der Waals surface area contributed by atoms with Gasteiger partial charge in [-0.2, -0.15) is 0 Å². The van der Waals surface area contributed by atoms with Crippen LogP contribution in [0.4, 0.5) is 5.69 Å². The molecule has 4 heteroatoms. The van der Waals surface area contributed by atoms with Crippen molar-refractivity contribution in [1.82, 2.24) is 5.32 Å². The largest absolute Gasteiger partial charge is 0.497 e. The van der Waals surface area contributed by atoms with E-state index in [9.17, 15) is 5.11 Å². The quantitative estimate of drug-likeness (QED) is 0.772. The number of methoxy groups -OCH3 is 1. The van der Waals surface area contributed by atoms with Gasteiger partial charge in [-0.1, -0.05) is 6.92 Å². The van der Waals surface area contributed by atoms with Crippen LogP contribution in [0, 0.1) is 0 Å². The van der Waals surface area contributed by atoms with Crippen molar-refractivity contribution in [2.75, 3.05) is 38.8 Å². The van der Waals surface area contributed by atoms with E-state index in [4.69, 9.17) is 4.74 Å². The maximum absolute atomic E-state index is 9.49. The molecule has 0 aliphatic rings. The van der Waals surface area contributed by atoms with Crippen LogP contribution in [-0.4, -0.2) is 44.5 Å². The molecule has 1 unspecified atom stereocenters. The SMILES string of the molecule is CCNC(C)(CO)CN(C)c1ccc(OC)cc1. The van der Waals surface area contributed by atoms with Crippen LogP contribution < -0.4 is 15.0 Å². The maximum atomic E-state index is 9.49. The molecule has 1 atom stereocenters. The van der Waals surface area contributed by atoms with E-state index in [1.807, 2.05) is 45.2 Å². The highest BCUT2D eigenvalue weighted by atomic mass is 16.5. The monoisotopic (exact) mass is 252 g/mol. The van der Waals surface area contributed by atoms with Crippen LogP contribution in [0.15, 0.2) is 24.3 Å². The Hall–Kier alpha value is -1.26. The molecule has 0 radical (unpaired) electrons. The lowest BCUT2D eigenvalue weighted by atomic mass is 10.0. The molecule has 18 heavy (non-hydrogen) atoms. The molecule has 0 bridgehead atoms. The van der Waals surface area contributed by atoms with Crippen molar-refractivity contribution in [3.05, 3.63) is 24.3 Å². The number of anilines is 1. The first-order valence-corrected chi connectivity index (χ1v) is 6.25. The fourth-order valence-electron chi connectivity index (χ4n) is 2.04. The number of hydrogen-bond acceptors (Lipinski definition) is 4. The minimum Gasteiger partial charge on any atom is -0.497 e. The van der Waals surface area contributed by atoms with Crippen molar-refractivity contribution < 1.29 is 9.84 Å². The summed E-state index contributed by atoms with van der Waals surface area (Å²) in [6.45, 7) is 5.76. The Bertz CT molecular complexity index is 353. The molecule has 1 rings (SSSR count). The first-order chi connectivity index (χ1) is 8.54. The molecular weight excluding hydrogens is 228 g/mol. The molecule has 0 heterocycles. The number of rotatable bonds is 7. The lowest BCUT2D eigenvalue weighted by Crippen LogP contribution is -2.53. The molecule has 2 N–H and O–H groups in total. The molecule has 1 aromatic rings. The number of ether oxygens (including phenoxy) is 1. The third-order valence-electron chi connectivity index (χ3n) is 3.05. The van der Waals surface area contributed by atoms with E-state index in [2.05, 4.69) is 10.2 Å². The summed E-state index contributed by atoms with van der Waals surface area (Å²) in [5.74, 6) is 0.851. The second-order valence-corrected chi connectivity index (χ2v) is 4.80. The van der Waals surface area contributed by atoms with Gasteiger partial charge in [-0.15, -0.1) is 0 Å². The van der Waals surface area contributed by atoms with Crippen molar-refractivity contribution in [3.63, 3.8) is 0 Å². The summed E-state index contributed by atoms with van der Waals surface area (Å²) in [5.41, 5.74) is 0.817. The molecule has 0 aromatic heterocycles. The van der Waals surface area contributed by atoms with Gasteiger partial charge in [0.05, 0.1) is 19.3 Å². The van der Waals surface area contributed by atoms with Gasteiger partial charge in [0.1, 0.15) is 5.75 Å². The van der Waals surface area contributed by atoms with Gasteiger partial charge in [0.15, 0.2) is 0 Å². The fourth-order valence-corrected chi connectivity index (χ4v) is 2.04. The highest BCUT2D eigenvalue weighted by Gasteiger charge is 2.23. The first kappa shape index (κ1) is 14.8. The van der Waals surface area contributed by atoms with E-state index < -0.39 is 0 Å². The van der Waals surface area contributed by atoms with E-state index in [0.717, 1.165) is 24.5 Å². The van der Waals surface area contributed by atoms with Crippen LogP contribution >= 0.6 is 0 Å². The molecule has 0 aliphatic heterocycles. The Morgan fingerprint density at radius 2 is 1.94 bits per heavy atom. The maximum Gasteiger partial charge on any atom is 0.119 e. The average Bonchev–Trinajstić information content (AvgIpc) is 2.39. The third kappa shape index (κ3) is 3.89. The van der Waals surface area contributed by atoms with Gasteiger partial charge in [-0.05, 0) is 37.7 Å². The summed E-state index contributed by atoms with van der Waals surface area (Å²) in [7, 11) is 3.68. The summed E-state index contributed by atoms with van der Waals surface area (Å²) in [6.07, 6.45) is 0. The van der Waals surface area contributed by atoms with Crippen LogP contribution in [0.25, 0.3) is 0 Å². The van der Waals surface area contributed by atoms with Gasteiger partial charge in [-0.25, -0.2) is 0 Å². The van der Waals surface area contributed by atoms with Gasteiger partial charge in [-0.3, -0.25) is 0 Å². The molecule has 0 aliphatic carbocycles. The molecule has 4 nitrogen and oxygen atoms in total. The molecule has 102 valence electrons. The third-order valence-corrected chi connectivity index (χ3v) is 3.05. The van der Waals surface area contributed by atoms with Crippen molar-refractivity contribution >= 4 is 5.69 Å². The zero-order chi connectivity index (χ0) is 13.6. The van der Waals surface area contributed by atoms with Crippen molar-refractivity contribution in [1.29, 1.82) is 0 Å².